The van der Waals surface area contributed by atoms with Gasteiger partial charge in [-0.3, -0.25) is 4.79 Å². The number of benzene rings is 1. The van der Waals surface area contributed by atoms with Crippen molar-refractivity contribution in [2.75, 3.05) is 13.1 Å². The highest BCUT2D eigenvalue weighted by molar-refractivity contribution is 6.31. The first-order chi connectivity index (χ1) is 12.5. The van der Waals surface area contributed by atoms with Gasteiger partial charge in [-0.05, 0) is 63.3 Å². The van der Waals surface area contributed by atoms with Crippen LogP contribution in [-0.4, -0.2) is 39.7 Å². The Hall–Kier alpha value is -1.85. The van der Waals surface area contributed by atoms with Crippen LogP contribution in [0.3, 0.4) is 0 Å². The normalized spacial score (nSPS) is 22.8. The molecule has 5 nitrogen and oxygen atoms in total. The van der Waals surface area contributed by atoms with E-state index in [2.05, 4.69) is 12.0 Å². The summed E-state index contributed by atoms with van der Waals surface area (Å²) in [7, 11) is 0. The fraction of sp³-hybridized carbons (Fsp3) is 0.500. The molecule has 1 saturated carbocycles. The monoisotopic (exact) mass is 372 g/mol. The van der Waals surface area contributed by atoms with Gasteiger partial charge >= 0.3 is 0 Å². The van der Waals surface area contributed by atoms with Gasteiger partial charge in [0.1, 0.15) is 0 Å². The van der Waals surface area contributed by atoms with Gasteiger partial charge in [-0.15, -0.1) is 0 Å². The minimum Gasteiger partial charge on any atom is -0.335 e. The topological polar surface area (TPSA) is 64.2 Å². The van der Waals surface area contributed by atoms with Crippen molar-refractivity contribution in [3.63, 3.8) is 0 Å². The molecule has 1 aliphatic heterocycles. The molecule has 2 N–H and O–H groups in total. The molecule has 2 unspecified atom stereocenters. The Morgan fingerprint density at radius 1 is 1.38 bits per heavy atom. The molecule has 2 fully saturated rings. The zero-order chi connectivity index (χ0) is 18.4. The van der Waals surface area contributed by atoms with Crippen LogP contribution >= 0.6 is 11.6 Å². The summed E-state index contributed by atoms with van der Waals surface area (Å²) in [6.07, 6.45) is 4.91. The van der Waals surface area contributed by atoms with Crippen LogP contribution in [0.5, 0.6) is 0 Å². The average Bonchev–Trinajstić information content (AvgIpc) is 3.25. The summed E-state index contributed by atoms with van der Waals surface area (Å²) in [5, 5.41) is 5.28. The molecule has 1 aliphatic carbocycles. The second-order valence-corrected chi connectivity index (χ2v) is 8.11. The second-order valence-electron chi connectivity index (χ2n) is 7.71. The number of rotatable bonds is 4. The van der Waals surface area contributed by atoms with Gasteiger partial charge in [-0.2, -0.15) is 5.10 Å². The summed E-state index contributed by atoms with van der Waals surface area (Å²) in [4.78, 5) is 15.2. The molecule has 4 rings (SSSR count). The van der Waals surface area contributed by atoms with Gasteiger partial charge in [0.15, 0.2) is 0 Å². The molecule has 2 aliphatic rings. The molecule has 2 aromatic rings. The Labute approximate surface area is 159 Å². The lowest BCUT2D eigenvalue weighted by atomic mass is 10.1. The smallest absolute Gasteiger partial charge is 0.257 e. The highest BCUT2D eigenvalue weighted by Crippen LogP contribution is 2.43. The number of nitrogens with two attached hydrogens (primary N) is 1. The van der Waals surface area contributed by atoms with Crippen LogP contribution in [-0.2, 0) is 0 Å². The number of amides is 1. The molecule has 1 aromatic heterocycles. The first-order valence-corrected chi connectivity index (χ1v) is 9.72. The predicted octanol–water partition coefficient (Wildman–Crippen LogP) is 3.52. The number of halogens is 1. The van der Waals surface area contributed by atoms with Gasteiger partial charge in [0, 0.05) is 23.5 Å². The van der Waals surface area contributed by atoms with Crippen LogP contribution < -0.4 is 5.73 Å². The third-order valence-electron chi connectivity index (χ3n) is 5.66. The molecule has 2 atom stereocenters. The molecular formula is C20H25ClN4O. The summed E-state index contributed by atoms with van der Waals surface area (Å²) in [6, 6.07) is 6.15. The summed E-state index contributed by atoms with van der Waals surface area (Å²) >= 11 is 6.31. The molecule has 1 amide bonds. The van der Waals surface area contributed by atoms with Gasteiger partial charge in [0.05, 0.1) is 23.1 Å². The van der Waals surface area contributed by atoms with E-state index in [0.29, 0.717) is 23.4 Å². The average molecular weight is 373 g/mol. The zero-order valence-electron chi connectivity index (χ0n) is 15.3. The van der Waals surface area contributed by atoms with E-state index >= 15 is 0 Å². The highest BCUT2D eigenvalue weighted by atomic mass is 35.5. The van der Waals surface area contributed by atoms with Crippen LogP contribution in [0.25, 0.3) is 5.69 Å². The van der Waals surface area contributed by atoms with Gasteiger partial charge in [-0.25, -0.2) is 4.68 Å². The number of carbonyl (C=O) groups is 1. The maximum atomic E-state index is 13.2. The van der Waals surface area contributed by atoms with Crippen LogP contribution in [0.4, 0.5) is 0 Å². The van der Waals surface area contributed by atoms with Crippen LogP contribution in [0.15, 0.2) is 24.4 Å². The van der Waals surface area contributed by atoms with E-state index in [1.807, 2.05) is 34.7 Å². The fourth-order valence-corrected chi connectivity index (χ4v) is 4.12. The van der Waals surface area contributed by atoms with E-state index in [4.69, 9.17) is 17.3 Å². The van der Waals surface area contributed by atoms with Crippen molar-refractivity contribution in [3.05, 3.63) is 46.2 Å². The third-order valence-corrected chi connectivity index (χ3v) is 6.06. The van der Waals surface area contributed by atoms with E-state index in [1.165, 1.54) is 0 Å². The van der Waals surface area contributed by atoms with Gasteiger partial charge < -0.3 is 10.6 Å². The maximum absolute atomic E-state index is 13.2. The van der Waals surface area contributed by atoms with E-state index in [-0.39, 0.29) is 11.9 Å². The van der Waals surface area contributed by atoms with Crippen molar-refractivity contribution in [1.82, 2.24) is 14.7 Å². The van der Waals surface area contributed by atoms with Crippen molar-refractivity contribution in [1.29, 1.82) is 0 Å². The first kappa shape index (κ1) is 17.6. The number of hydrogen-bond acceptors (Lipinski definition) is 3. The Bertz CT molecular complexity index is 842. The number of likely N-dealkylation sites (tertiary alicyclic amines) is 1. The quantitative estimate of drug-likeness (QED) is 0.893. The lowest BCUT2D eigenvalue weighted by Crippen LogP contribution is -2.34. The van der Waals surface area contributed by atoms with E-state index in [9.17, 15) is 4.79 Å². The summed E-state index contributed by atoms with van der Waals surface area (Å²) < 4.78 is 1.90. The zero-order valence-corrected chi connectivity index (χ0v) is 16.0. The van der Waals surface area contributed by atoms with Crippen molar-refractivity contribution >= 4 is 17.5 Å². The maximum Gasteiger partial charge on any atom is 0.257 e. The largest absolute Gasteiger partial charge is 0.335 e. The third kappa shape index (κ3) is 3.03. The number of aromatic nitrogens is 2. The second kappa shape index (κ2) is 6.71. The molecule has 0 bridgehead atoms. The van der Waals surface area contributed by atoms with Crippen molar-refractivity contribution in [3.8, 4) is 5.69 Å². The van der Waals surface area contributed by atoms with Gasteiger partial charge in [0.2, 0.25) is 0 Å². The lowest BCUT2D eigenvalue weighted by molar-refractivity contribution is 0.0742. The van der Waals surface area contributed by atoms with Crippen LogP contribution in [0.1, 0.15) is 53.7 Å². The minimum atomic E-state index is 0.0832. The highest BCUT2D eigenvalue weighted by Gasteiger charge is 2.38. The molecule has 1 aromatic carbocycles. The number of aryl methyl sites for hydroxylation is 1. The Kier molecular flexibility index (Phi) is 4.53. The van der Waals surface area contributed by atoms with Crippen LogP contribution in [0, 0.1) is 12.8 Å². The number of nitrogens with zero attached hydrogens (tertiary/aromatic N) is 3. The van der Waals surface area contributed by atoms with E-state index in [1.54, 1.807) is 6.20 Å². The van der Waals surface area contributed by atoms with E-state index < -0.39 is 0 Å². The Balaban J connectivity index is 1.70. The molecule has 26 heavy (non-hydrogen) atoms. The van der Waals surface area contributed by atoms with Gasteiger partial charge in [0.25, 0.3) is 5.91 Å². The molecule has 0 radical (unpaired) electrons. The minimum absolute atomic E-state index is 0.0832. The molecule has 6 heteroatoms. The number of hydrogen-bond donors (Lipinski definition) is 1. The SMILES string of the molecule is Cc1ccc(-n2ncc(C(=O)N3CC(CN)CC3C)c2C2CC2)cc1Cl. The lowest BCUT2D eigenvalue weighted by Gasteiger charge is -2.22. The molecule has 2 heterocycles. The summed E-state index contributed by atoms with van der Waals surface area (Å²) in [6.45, 7) is 5.45. The Morgan fingerprint density at radius 3 is 2.77 bits per heavy atom. The predicted molar refractivity (Wildman–Crippen MR) is 103 cm³/mol. The van der Waals surface area contributed by atoms with Crippen LogP contribution in [0.2, 0.25) is 5.02 Å². The standard InChI is InChI=1S/C20H25ClN4O/c1-12-3-6-16(8-18(12)21)25-19(15-4-5-15)17(10-23-25)20(26)24-11-14(9-22)7-13(24)2/h3,6,8,10,13-15H,4-5,7,9,11,22H2,1-2H3. The van der Waals surface area contributed by atoms with Crippen molar-refractivity contribution in [2.45, 2.75) is 45.1 Å². The molecule has 1 saturated heterocycles. The van der Waals surface area contributed by atoms with E-state index in [0.717, 1.165) is 48.3 Å². The number of carbonyl (C=O) groups excluding carboxylic acids is 1. The van der Waals surface area contributed by atoms with Gasteiger partial charge in [-0.1, -0.05) is 17.7 Å². The molecular weight excluding hydrogens is 348 g/mol. The van der Waals surface area contributed by atoms with Crippen molar-refractivity contribution in [2.24, 2.45) is 11.7 Å². The molecule has 138 valence electrons. The Morgan fingerprint density at radius 2 is 2.15 bits per heavy atom. The fourth-order valence-electron chi connectivity index (χ4n) is 3.94. The summed E-state index contributed by atoms with van der Waals surface area (Å²) in [5.41, 5.74) is 9.53. The molecule has 0 spiro atoms. The first-order valence-electron chi connectivity index (χ1n) is 9.35. The summed E-state index contributed by atoms with van der Waals surface area (Å²) in [5.74, 6) is 0.879. The van der Waals surface area contributed by atoms with Crippen molar-refractivity contribution < 1.29 is 4.79 Å².